The molecule has 4 nitrogen and oxygen atoms in total. The van der Waals surface area contributed by atoms with Gasteiger partial charge in [0.15, 0.2) is 0 Å². The van der Waals surface area contributed by atoms with Crippen molar-refractivity contribution in [2.24, 2.45) is 0 Å². The molecule has 0 saturated heterocycles. The number of hydrogen-bond donors (Lipinski definition) is 1. The molecule has 0 aliphatic heterocycles. The van der Waals surface area contributed by atoms with E-state index in [0.29, 0.717) is 6.10 Å². The van der Waals surface area contributed by atoms with Gasteiger partial charge in [0.25, 0.3) is 0 Å². The molecule has 0 bridgehead atoms. The molecule has 0 amide bonds. The van der Waals surface area contributed by atoms with Gasteiger partial charge in [-0.25, -0.2) is 0 Å². The van der Waals surface area contributed by atoms with E-state index in [9.17, 15) is 5.11 Å². The summed E-state index contributed by atoms with van der Waals surface area (Å²) < 4.78 is 9.73. The van der Waals surface area contributed by atoms with Gasteiger partial charge in [0.05, 0.1) is 16.7 Å². The SMILES string of the molecule is CC(C)(C)c1nnsc1C(O)c1ccc(OC2CC2)cc1. The van der Waals surface area contributed by atoms with Gasteiger partial charge in [0.2, 0.25) is 0 Å². The summed E-state index contributed by atoms with van der Waals surface area (Å²) in [6.07, 6.45) is 1.99. The first-order chi connectivity index (χ1) is 9.95. The van der Waals surface area contributed by atoms with Crippen LogP contribution in [0.15, 0.2) is 24.3 Å². The molecule has 3 rings (SSSR count). The minimum atomic E-state index is -0.686. The first kappa shape index (κ1) is 14.5. The van der Waals surface area contributed by atoms with E-state index in [1.807, 2.05) is 24.3 Å². The molecule has 1 aliphatic carbocycles. The van der Waals surface area contributed by atoms with Crippen LogP contribution < -0.4 is 4.74 Å². The molecule has 21 heavy (non-hydrogen) atoms. The smallest absolute Gasteiger partial charge is 0.119 e. The van der Waals surface area contributed by atoms with Crippen LogP contribution in [0.5, 0.6) is 5.75 Å². The van der Waals surface area contributed by atoms with E-state index >= 15 is 0 Å². The lowest BCUT2D eigenvalue weighted by Crippen LogP contribution is -2.16. The quantitative estimate of drug-likeness (QED) is 0.940. The van der Waals surface area contributed by atoms with Crippen molar-refractivity contribution in [1.29, 1.82) is 0 Å². The molecule has 1 aromatic carbocycles. The highest BCUT2D eigenvalue weighted by Crippen LogP contribution is 2.34. The topological polar surface area (TPSA) is 55.2 Å². The number of hydrogen-bond acceptors (Lipinski definition) is 5. The van der Waals surface area contributed by atoms with Crippen LogP contribution >= 0.6 is 11.5 Å². The van der Waals surface area contributed by atoms with Crippen LogP contribution in [0.2, 0.25) is 0 Å². The molecule has 112 valence electrons. The minimum absolute atomic E-state index is 0.127. The molecule has 1 fully saturated rings. The molecule has 1 unspecified atom stereocenters. The Balaban J connectivity index is 1.81. The van der Waals surface area contributed by atoms with Gasteiger partial charge in [-0.3, -0.25) is 0 Å². The van der Waals surface area contributed by atoms with E-state index in [2.05, 4.69) is 30.4 Å². The molecule has 1 heterocycles. The van der Waals surface area contributed by atoms with E-state index in [4.69, 9.17) is 4.74 Å². The second kappa shape index (κ2) is 5.39. The fourth-order valence-electron chi connectivity index (χ4n) is 2.16. The molecular formula is C16H20N2O2S. The molecule has 5 heteroatoms. The number of aromatic nitrogens is 2. The van der Waals surface area contributed by atoms with Gasteiger partial charge in [-0.05, 0) is 42.1 Å². The van der Waals surface area contributed by atoms with E-state index in [-0.39, 0.29) is 5.41 Å². The summed E-state index contributed by atoms with van der Waals surface area (Å²) in [5.74, 6) is 0.868. The van der Waals surface area contributed by atoms with Crippen LogP contribution in [0.1, 0.15) is 55.9 Å². The average Bonchev–Trinajstić information content (AvgIpc) is 3.09. The highest BCUT2D eigenvalue weighted by Gasteiger charge is 2.27. The van der Waals surface area contributed by atoms with Gasteiger partial charge in [0, 0.05) is 5.41 Å². The molecule has 1 aliphatic rings. The maximum Gasteiger partial charge on any atom is 0.119 e. The van der Waals surface area contributed by atoms with Crippen molar-refractivity contribution in [1.82, 2.24) is 9.59 Å². The van der Waals surface area contributed by atoms with Gasteiger partial charge in [-0.15, -0.1) is 5.10 Å². The van der Waals surface area contributed by atoms with Crippen molar-refractivity contribution in [3.8, 4) is 5.75 Å². The monoisotopic (exact) mass is 304 g/mol. The summed E-state index contributed by atoms with van der Waals surface area (Å²) in [5.41, 5.74) is 1.58. The van der Waals surface area contributed by atoms with Gasteiger partial charge < -0.3 is 9.84 Å². The van der Waals surface area contributed by atoms with Crippen LogP contribution in [0.25, 0.3) is 0 Å². The minimum Gasteiger partial charge on any atom is -0.490 e. The molecule has 2 aromatic rings. The van der Waals surface area contributed by atoms with Crippen molar-refractivity contribution >= 4 is 11.5 Å². The Bertz CT molecular complexity index is 612. The standard InChI is InChI=1S/C16H20N2O2S/c1-16(2,3)15-14(21-18-17-15)13(19)10-4-6-11(7-5-10)20-12-8-9-12/h4-7,12-13,19H,8-9H2,1-3H3. The second-order valence-corrected chi connectivity index (χ2v) is 7.31. The zero-order valence-corrected chi connectivity index (χ0v) is 13.4. The Morgan fingerprint density at radius 2 is 1.90 bits per heavy atom. The Morgan fingerprint density at radius 3 is 2.48 bits per heavy atom. The Labute approximate surface area is 128 Å². The Hall–Kier alpha value is -1.46. The fraction of sp³-hybridized carbons (Fsp3) is 0.500. The van der Waals surface area contributed by atoms with Gasteiger partial charge in [0.1, 0.15) is 11.9 Å². The van der Waals surface area contributed by atoms with Crippen molar-refractivity contribution in [3.05, 3.63) is 40.4 Å². The summed E-state index contributed by atoms with van der Waals surface area (Å²) in [6, 6.07) is 7.66. The Kier molecular flexibility index (Phi) is 3.71. The molecule has 1 N–H and O–H groups in total. The number of rotatable bonds is 4. The predicted molar refractivity (Wildman–Crippen MR) is 82.8 cm³/mol. The molecule has 1 saturated carbocycles. The zero-order valence-electron chi connectivity index (χ0n) is 12.5. The summed E-state index contributed by atoms with van der Waals surface area (Å²) in [4.78, 5) is 0.818. The van der Waals surface area contributed by atoms with Gasteiger partial charge in [-0.1, -0.05) is 37.4 Å². The van der Waals surface area contributed by atoms with Crippen LogP contribution in [0, 0.1) is 0 Å². The van der Waals surface area contributed by atoms with Crippen LogP contribution in [-0.2, 0) is 5.41 Å². The van der Waals surface area contributed by atoms with Crippen LogP contribution in [0.4, 0.5) is 0 Å². The highest BCUT2D eigenvalue weighted by molar-refractivity contribution is 7.05. The molecule has 0 radical (unpaired) electrons. The Morgan fingerprint density at radius 1 is 1.24 bits per heavy atom. The molecule has 0 spiro atoms. The van der Waals surface area contributed by atoms with Gasteiger partial charge in [-0.2, -0.15) is 0 Å². The molecule has 1 aromatic heterocycles. The first-order valence-corrected chi connectivity index (χ1v) is 8.00. The third kappa shape index (κ3) is 3.24. The third-order valence-electron chi connectivity index (χ3n) is 3.50. The van der Waals surface area contributed by atoms with Crippen molar-refractivity contribution in [2.45, 2.75) is 51.2 Å². The number of benzene rings is 1. The van der Waals surface area contributed by atoms with E-state index in [1.165, 1.54) is 11.5 Å². The molecule has 1 atom stereocenters. The van der Waals surface area contributed by atoms with Gasteiger partial charge >= 0.3 is 0 Å². The lowest BCUT2D eigenvalue weighted by Gasteiger charge is -2.19. The van der Waals surface area contributed by atoms with Crippen LogP contribution in [0.3, 0.4) is 0 Å². The lowest BCUT2D eigenvalue weighted by atomic mass is 9.89. The fourth-order valence-corrected chi connectivity index (χ4v) is 3.04. The highest BCUT2D eigenvalue weighted by atomic mass is 32.1. The van der Waals surface area contributed by atoms with E-state index in [0.717, 1.165) is 34.7 Å². The summed E-state index contributed by atoms with van der Waals surface area (Å²) in [7, 11) is 0. The van der Waals surface area contributed by atoms with E-state index in [1.54, 1.807) is 0 Å². The zero-order chi connectivity index (χ0) is 15.0. The summed E-state index contributed by atoms with van der Waals surface area (Å²) >= 11 is 1.26. The lowest BCUT2D eigenvalue weighted by molar-refractivity contribution is 0.221. The predicted octanol–water partition coefficient (Wildman–Crippen LogP) is 3.46. The average molecular weight is 304 g/mol. The number of aliphatic hydroxyl groups excluding tert-OH is 1. The second-order valence-electron chi connectivity index (χ2n) is 6.52. The maximum absolute atomic E-state index is 10.6. The summed E-state index contributed by atoms with van der Waals surface area (Å²) in [5, 5.41) is 14.8. The largest absolute Gasteiger partial charge is 0.490 e. The number of aliphatic hydroxyl groups is 1. The number of ether oxygens (including phenoxy) is 1. The van der Waals surface area contributed by atoms with Crippen LogP contribution in [-0.4, -0.2) is 20.8 Å². The molecular weight excluding hydrogens is 284 g/mol. The number of nitrogens with zero attached hydrogens (tertiary/aromatic N) is 2. The third-order valence-corrected chi connectivity index (χ3v) is 4.27. The maximum atomic E-state index is 10.6. The van der Waals surface area contributed by atoms with Crippen molar-refractivity contribution < 1.29 is 9.84 Å². The van der Waals surface area contributed by atoms with E-state index < -0.39 is 6.10 Å². The van der Waals surface area contributed by atoms with Crippen molar-refractivity contribution in [2.75, 3.05) is 0 Å². The summed E-state index contributed by atoms with van der Waals surface area (Å²) in [6.45, 7) is 6.23. The normalized spacial score (nSPS) is 16.8. The van der Waals surface area contributed by atoms with Crippen molar-refractivity contribution in [3.63, 3.8) is 0 Å². The first-order valence-electron chi connectivity index (χ1n) is 7.22.